The molecule has 158 valence electrons. The maximum atomic E-state index is 11.6. The standard InChI is InChI=1S/C21H36N4O3/c1-5-8-9-10-13-24-21(23-7-3)25-15-17-11-12-18(19(14-17)27-4)28-16-20(26)22-6-2/h11-12,14H,5-10,13,15-16H2,1-4H3,(H,22,26)(H2,23,24,25). The predicted octanol–water partition coefficient (Wildman–Crippen LogP) is 2.85. The summed E-state index contributed by atoms with van der Waals surface area (Å²) >= 11 is 0. The maximum Gasteiger partial charge on any atom is 0.257 e. The van der Waals surface area contributed by atoms with E-state index in [0.717, 1.165) is 31.0 Å². The molecule has 7 nitrogen and oxygen atoms in total. The number of nitrogens with one attached hydrogen (secondary N) is 3. The van der Waals surface area contributed by atoms with E-state index >= 15 is 0 Å². The lowest BCUT2D eigenvalue weighted by molar-refractivity contribution is -0.123. The highest BCUT2D eigenvalue weighted by Crippen LogP contribution is 2.28. The maximum absolute atomic E-state index is 11.6. The number of methoxy groups -OCH3 is 1. The summed E-state index contributed by atoms with van der Waals surface area (Å²) in [5, 5.41) is 9.34. The molecule has 1 amide bonds. The molecule has 0 saturated carbocycles. The summed E-state index contributed by atoms with van der Waals surface area (Å²) in [6.07, 6.45) is 4.88. The molecule has 0 atom stereocenters. The lowest BCUT2D eigenvalue weighted by atomic mass is 10.2. The topological polar surface area (TPSA) is 84.0 Å². The van der Waals surface area contributed by atoms with Gasteiger partial charge in [0, 0.05) is 19.6 Å². The number of amides is 1. The number of guanidine groups is 1. The van der Waals surface area contributed by atoms with Crippen molar-refractivity contribution in [1.82, 2.24) is 16.0 Å². The molecule has 0 fully saturated rings. The SMILES string of the molecule is CCCCCCNC(=NCc1ccc(OCC(=O)NCC)c(OC)c1)NCC. The van der Waals surface area contributed by atoms with Crippen LogP contribution in [-0.2, 0) is 11.3 Å². The minimum absolute atomic E-state index is 0.0335. The van der Waals surface area contributed by atoms with Crippen molar-refractivity contribution >= 4 is 11.9 Å². The van der Waals surface area contributed by atoms with E-state index in [1.165, 1.54) is 19.3 Å². The van der Waals surface area contributed by atoms with Gasteiger partial charge in [0.2, 0.25) is 0 Å². The van der Waals surface area contributed by atoms with E-state index in [1.807, 2.05) is 25.1 Å². The number of ether oxygens (including phenoxy) is 2. The van der Waals surface area contributed by atoms with E-state index in [2.05, 4.69) is 34.8 Å². The summed E-state index contributed by atoms with van der Waals surface area (Å²) in [5.74, 6) is 1.80. The molecule has 1 rings (SSSR count). The Labute approximate surface area is 169 Å². The molecule has 28 heavy (non-hydrogen) atoms. The van der Waals surface area contributed by atoms with Crippen LogP contribution in [0, 0.1) is 0 Å². The van der Waals surface area contributed by atoms with Crippen molar-refractivity contribution in [1.29, 1.82) is 0 Å². The molecule has 0 radical (unpaired) electrons. The van der Waals surface area contributed by atoms with Crippen molar-refractivity contribution in [3.63, 3.8) is 0 Å². The molecule has 0 saturated heterocycles. The van der Waals surface area contributed by atoms with Gasteiger partial charge in [-0.2, -0.15) is 0 Å². The van der Waals surface area contributed by atoms with E-state index in [1.54, 1.807) is 7.11 Å². The molecular weight excluding hydrogens is 356 g/mol. The number of hydrogen-bond acceptors (Lipinski definition) is 4. The molecule has 0 aliphatic carbocycles. The molecule has 0 aromatic heterocycles. The number of benzene rings is 1. The lowest BCUT2D eigenvalue weighted by Gasteiger charge is -2.13. The van der Waals surface area contributed by atoms with E-state index in [-0.39, 0.29) is 12.5 Å². The van der Waals surface area contributed by atoms with Gasteiger partial charge in [-0.25, -0.2) is 4.99 Å². The first kappa shape index (κ1) is 23.6. The molecule has 0 bridgehead atoms. The summed E-state index contributed by atoms with van der Waals surface area (Å²) in [6, 6.07) is 5.64. The van der Waals surface area contributed by atoms with Gasteiger partial charge < -0.3 is 25.4 Å². The Hall–Kier alpha value is -2.44. The van der Waals surface area contributed by atoms with Crippen LogP contribution in [0.25, 0.3) is 0 Å². The molecule has 7 heteroatoms. The average molecular weight is 393 g/mol. The molecular formula is C21H36N4O3. The van der Waals surface area contributed by atoms with Crippen LogP contribution >= 0.6 is 0 Å². The van der Waals surface area contributed by atoms with Gasteiger partial charge in [-0.1, -0.05) is 32.3 Å². The second kappa shape index (κ2) is 14.6. The van der Waals surface area contributed by atoms with Crippen LogP contribution in [0.2, 0.25) is 0 Å². The number of hydrogen-bond donors (Lipinski definition) is 3. The second-order valence-electron chi connectivity index (χ2n) is 6.41. The number of nitrogens with zero attached hydrogens (tertiary/aromatic N) is 1. The van der Waals surface area contributed by atoms with Crippen molar-refractivity contribution in [2.45, 2.75) is 53.0 Å². The number of likely N-dealkylation sites (N-methyl/N-ethyl adjacent to an activating group) is 1. The van der Waals surface area contributed by atoms with E-state index in [4.69, 9.17) is 9.47 Å². The quantitative estimate of drug-likeness (QED) is 0.273. The third-order valence-electron chi connectivity index (χ3n) is 4.05. The van der Waals surface area contributed by atoms with Crippen LogP contribution < -0.4 is 25.4 Å². The fourth-order valence-corrected chi connectivity index (χ4v) is 2.59. The Morgan fingerprint density at radius 3 is 2.46 bits per heavy atom. The lowest BCUT2D eigenvalue weighted by Crippen LogP contribution is -2.37. The molecule has 0 aliphatic rings. The summed E-state index contributed by atoms with van der Waals surface area (Å²) in [6.45, 7) is 8.94. The highest BCUT2D eigenvalue weighted by Gasteiger charge is 2.08. The first-order chi connectivity index (χ1) is 13.6. The predicted molar refractivity (Wildman–Crippen MR) is 114 cm³/mol. The number of rotatable bonds is 13. The Kier molecular flexibility index (Phi) is 12.3. The van der Waals surface area contributed by atoms with Gasteiger partial charge in [0.15, 0.2) is 24.1 Å². The van der Waals surface area contributed by atoms with Crippen molar-refractivity contribution in [2.75, 3.05) is 33.4 Å². The fourth-order valence-electron chi connectivity index (χ4n) is 2.59. The Bertz CT molecular complexity index is 605. The molecule has 0 heterocycles. The molecule has 0 spiro atoms. The van der Waals surface area contributed by atoms with Gasteiger partial charge in [-0.3, -0.25) is 4.79 Å². The van der Waals surface area contributed by atoms with Gasteiger partial charge in [-0.05, 0) is 38.0 Å². The largest absolute Gasteiger partial charge is 0.493 e. The molecule has 1 aromatic carbocycles. The van der Waals surface area contributed by atoms with Crippen LogP contribution in [0.4, 0.5) is 0 Å². The van der Waals surface area contributed by atoms with Gasteiger partial charge in [0.05, 0.1) is 13.7 Å². The number of aliphatic imine (C=N–C) groups is 1. The van der Waals surface area contributed by atoms with E-state index in [0.29, 0.717) is 24.6 Å². The monoisotopic (exact) mass is 392 g/mol. The van der Waals surface area contributed by atoms with Crippen LogP contribution in [0.5, 0.6) is 11.5 Å². The highest BCUT2D eigenvalue weighted by molar-refractivity contribution is 5.79. The second-order valence-corrected chi connectivity index (χ2v) is 6.41. The highest BCUT2D eigenvalue weighted by atomic mass is 16.5. The van der Waals surface area contributed by atoms with Crippen LogP contribution in [0.3, 0.4) is 0 Å². The fraction of sp³-hybridized carbons (Fsp3) is 0.619. The first-order valence-electron chi connectivity index (χ1n) is 10.2. The first-order valence-corrected chi connectivity index (χ1v) is 10.2. The Morgan fingerprint density at radius 2 is 1.79 bits per heavy atom. The van der Waals surface area contributed by atoms with Gasteiger partial charge in [-0.15, -0.1) is 0 Å². The van der Waals surface area contributed by atoms with Crippen LogP contribution in [0.15, 0.2) is 23.2 Å². The van der Waals surface area contributed by atoms with Gasteiger partial charge >= 0.3 is 0 Å². The minimum Gasteiger partial charge on any atom is -0.493 e. The van der Waals surface area contributed by atoms with E-state index < -0.39 is 0 Å². The summed E-state index contributed by atoms with van der Waals surface area (Å²) in [4.78, 5) is 16.2. The van der Waals surface area contributed by atoms with Gasteiger partial charge in [0.25, 0.3) is 5.91 Å². The average Bonchev–Trinajstić information content (AvgIpc) is 2.70. The zero-order valence-corrected chi connectivity index (χ0v) is 17.8. The third kappa shape index (κ3) is 9.48. The zero-order valence-electron chi connectivity index (χ0n) is 17.8. The number of carbonyl (C=O) groups is 1. The number of carbonyl (C=O) groups excluding carboxylic acids is 1. The molecule has 0 unspecified atom stereocenters. The van der Waals surface area contributed by atoms with E-state index in [9.17, 15) is 4.79 Å². The molecule has 0 aliphatic heterocycles. The Morgan fingerprint density at radius 1 is 1.00 bits per heavy atom. The van der Waals surface area contributed by atoms with Crippen LogP contribution in [0.1, 0.15) is 52.0 Å². The minimum atomic E-state index is -0.154. The van der Waals surface area contributed by atoms with Crippen molar-refractivity contribution < 1.29 is 14.3 Å². The summed E-state index contributed by atoms with van der Waals surface area (Å²) in [7, 11) is 1.59. The summed E-state index contributed by atoms with van der Waals surface area (Å²) in [5.41, 5.74) is 1.00. The number of unbranched alkanes of at least 4 members (excludes halogenated alkanes) is 3. The van der Waals surface area contributed by atoms with Crippen molar-refractivity contribution in [3.05, 3.63) is 23.8 Å². The third-order valence-corrected chi connectivity index (χ3v) is 4.05. The van der Waals surface area contributed by atoms with Gasteiger partial charge in [0.1, 0.15) is 0 Å². The molecule has 3 N–H and O–H groups in total. The Balaban J connectivity index is 2.64. The van der Waals surface area contributed by atoms with Crippen molar-refractivity contribution in [3.8, 4) is 11.5 Å². The normalized spacial score (nSPS) is 11.1. The van der Waals surface area contributed by atoms with Crippen molar-refractivity contribution in [2.24, 2.45) is 4.99 Å². The van der Waals surface area contributed by atoms with Crippen LogP contribution in [-0.4, -0.2) is 45.2 Å². The zero-order chi connectivity index (χ0) is 20.6. The molecule has 1 aromatic rings. The smallest absolute Gasteiger partial charge is 0.257 e. The summed E-state index contributed by atoms with van der Waals surface area (Å²) < 4.78 is 10.9.